The van der Waals surface area contributed by atoms with Crippen molar-refractivity contribution >= 4 is 23.6 Å². The highest BCUT2D eigenvalue weighted by molar-refractivity contribution is 7.98. The predicted molar refractivity (Wildman–Crippen MR) is 89.5 cm³/mol. The van der Waals surface area contributed by atoms with Gasteiger partial charge in [0.15, 0.2) is 0 Å². The van der Waals surface area contributed by atoms with E-state index in [2.05, 4.69) is 10.6 Å². The van der Waals surface area contributed by atoms with E-state index in [1.165, 1.54) is 18.0 Å². The van der Waals surface area contributed by atoms with Gasteiger partial charge in [-0.1, -0.05) is 30.3 Å². The number of rotatable bonds is 9. The van der Waals surface area contributed by atoms with E-state index < -0.39 is 17.9 Å². The molecular formula is C16H19N3O3S. The predicted octanol–water partition coefficient (Wildman–Crippen LogP) is 1.51. The first kappa shape index (κ1) is 18.6. The van der Waals surface area contributed by atoms with Crippen molar-refractivity contribution in [1.29, 1.82) is 5.26 Å². The van der Waals surface area contributed by atoms with Gasteiger partial charge in [-0.05, 0) is 24.0 Å². The minimum atomic E-state index is -1.11. The van der Waals surface area contributed by atoms with Gasteiger partial charge in [-0.2, -0.15) is 17.0 Å². The van der Waals surface area contributed by atoms with Crippen LogP contribution in [0.3, 0.4) is 0 Å². The first-order valence-electron chi connectivity index (χ1n) is 6.98. The molecule has 0 aliphatic rings. The van der Waals surface area contributed by atoms with Crippen molar-refractivity contribution in [3.05, 3.63) is 47.7 Å². The zero-order chi connectivity index (χ0) is 17.1. The van der Waals surface area contributed by atoms with Gasteiger partial charge < -0.3 is 15.7 Å². The van der Waals surface area contributed by atoms with E-state index in [1.807, 2.05) is 36.6 Å². The summed E-state index contributed by atoms with van der Waals surface area (Å²) < 4.78 is 0. The molecule has 1 atom stereocenters. The standard InChI is InChI=1S/C16H19N3O3S/c1-23-8-7-14(16(21)22)19-15(20)13(9-17)11-18-10-12-5-3-2-4-6-12/h2-6,11,14,18H,7-8,10H2,1H3,(H,19,20)(H,21,22)/b13-11-. The van der Waals surface area contributed by atoms with Crippen LogP contribution in [-0.2, 0) is 16.1 Å². The maximum absolute atomic E-state index is 12.0. The Hall–Kier alpha value is -2.46. The van der Waals surface area contributed by atoms with Crippen molar-refractivity contribution in [1.82, 2.24) is 10.6 Å². The van der Waals surface area contributed by atoms with Crippen molar-refractivity contribution in [3.8, 4) is 6.07 Å². The zero-order valence-corrected chi connectivity index (χ0v) is 13.6. The van der Waals surface area contributed by atoms with Gasteiger partial charge in [0.1, 0.15) is 17.7 Å². The molecule has 3 N–H and O–H groups in total. The monoisotopic (exact) mass is 333 g/mol. The molecule has 0 spiro atoms. The maximum Gasteiger partial charge on any atom is 0.326 e. The molecule has 0 bridgehead atoms. The number of hydrogen-bond acceptors (Lipinski definition) is 5. The summed E-state index contributed by atoms with van der Waals surface area (Å²) in [5.41, 5.74) is 0.848. The third-order valence-electron chi connectivity index (χ3n) is 2.97. The Kier molecular flexibility index (Phi) is 8.32. The molecule has 1 aromatic rings. The normalized spacial score (nSPS) is 12.1. The Morgan fingerprint density at radius 2 is 2.09 bits per heavy atom. The van der Waals surface area contributed by atoms with Crippen molar-refractivity contribution in [2.24, 2.45) is 0 Å². The van der Waals surface area contributed by atoms with Crippen molar-refractivity contribution in [3.63, 3.8) is 0 Å². The summed E-state index contributed by atoms with van der Waals surface area (Å²) in [6.45, 7) is 0.466. The Bertz CT molecular complexity index is 596. The van der Waals surface area contributed by atoms with Gasteiger partial charge in [0.05, 0.1) is 0 Å². The maximum atomic E-state index is 12.0. The molecular weight excluding hydrogens is 314 g/mol. The van der Waals surface area contributed by atoms with Gasteiger partial charge >= 0.3 is 5.97 Å². The molecule has 0 fully saturated rings. The molecule has 1 rings (SSSR count). The Labute approximate surface area is 139 Å². The van der Waals surface area contributed by atoms with Crippen molar-refractivity contribution in [2.45, 2.75) is 19.0 Å². The summed E-state index contributed by atoms with van der Waals surface area (Å²) in [6, 6.07) is 10.3. The summed E-state index contributed by atoms with van der Waals surface area (Å²) in [7, 11) is 0. The van der Waals surface area contributed by atoms with Gasteiger partial charge in [0, 0.05) is 12.7 Å². The molecule has 0 saturated carbocycles. The first-order valence-corrected chi connectivity index (χ1v) is 8.38. The molecule has 0 aromatic heterocycles. The highest BCUT2D eigenvalue weighted by Gasteiger charge is 2.21. The molecule has 23 heavy (non-hydrogen) atoms. The van der Waals surface area contributed by atoms with Gasteiger partial charge in [-0.25, -0.2) is 4.79 Å². The summed E-state index contributed by atoms with van der Waals surface area (Å²) in [4.78, 5) is 23.1. The number of hydrogen-bond donors (Lipinski definition) is 3. The van der Waals surface area contributed by atoms with Crippen LogP contribution in [-0.4, -0.2) is 35.0 Å². The lowest BCUT2D eigenvalue weighted by Gasteiger charge is -2.13. The average Bonchev–Trinajstić information content (AvgIpc) is 2.56. The van der Waals surface area contributed by atoms with Crippen molar-refractivity contribution in [2.75, 3.05) is 12.0 Å². The molecule has 7 heteroatoms. The van der Waals surface area contributed by atoms with Crippen LogP contribution < -0.4 is 10.6 Å². The van der Waals surface area contributed by atoms with Crippen LogP contribution in [0, 0.1) is 11.3 Å². The fraction of sp³-hybridized carbons (Fsp3) is 0.312. The van der Waals surface area contributed by atoms with Gasteiger partial charge in [-0.3, -0.25) is 4.79 Å². The zero-order valence-electron chi connectivity index (χ0n) is 12.8. The Morgan fingerprint density at radius 1 is 1.39 bits per heavy atom. The van der Waals surface area contributed by atoms with Crippen LogP contribution in [0.1, 0.15) is 12.0 Å². The minimum Gasteiger partial charge on any atom is -0.480 e. The Morgan fingerprint density at radius 3 is 2.65 bits per heavy atom. The molecule has 0 aliphatic carbocycles. The minimum absolute atomic E-state index is 0.156. The number of thioether (sulfide) groups is 1. The van der Waals surface area contributed by atoms with Crippen LogP contribution in [0.15, 0.2) is 42.1 Å². The average molecular weight is 333 g/mol. The molecule has 0 saturated heterocycles. The molecule has 0 radical (unpaired) electrons. The Balaban J connectivity index is 2.61. The third kappa shape index (κ3) is 6.89. The van der Waals surface area contributed by atoms with Gasteiger partial charge in [0.25, 0.3) is 5.91 Å². The molecule has 122 valence electrons. The van der Waals surface area contributed by atoms with E-state index in [4.69, 9.17) is 10.4 Å². The lowest BCUT2D eigenvalue weighted by atomic mass is 10.2. The van der Waals surface area contributed by atoms with Crippen molar-refractivity contribution < 1.29 is 14.7 Å². The second-order valence-corrected chi connectivity index (χ2v) is 5.67. The summed E-state index contributed by atoms with van der Waals surface area (Å²) in [5, 5.41) is 23.4. The second-order valence-electron chi connectivity index (χ2n) is 4.68. The largest absolute Gasteiger partial charge is 0.480 e. The lowest BCUT2D eigenvalue weighted by molar-refractivity contribution is -0.141. The number of carbonyl (C=O) groups excluding carboxylic acids is 1. The number of amides is 1. The SMILES string of the molecule is CSCCC(NC(=O)/C(C#N)=C\NCc1ccccc1)C(=O)O. The quantitative estimate of drug-likeness (QED) is 0.468. The van der Waals surface area contributed by atoms with E-state index in [0.29, 0.717) is 18.7 Å². The highest BCUT2D eigenvalue weighted by atomic mass is 32.2. The molecule has 0 heterocycles. The van der Waals surface area contributed by atoms with E-state index >= 15 is 0 Å². The molecule has 1 aromatic carbocycles. The smallest absolute Gasteiger partial charge is 0.326 e. The summed E-state index contributed by atoms with van der Waals surface area (Å²) in [5.74, 6) is -1.20. The number of nitriles is 1. The fourth-order valence-corrected chi connectivity index (χ4v) is 2.22. The number of carboxylic acids is 1. The molecule has 6 nitrogen and oxygen atoms in total. The first-order chi connectivity index (χ1) is 11.1. The topological polar surface area (TPSA) is 102 Å². The fourth-order valence-electron chi connectivity index (χ4n) is 1.74. The van der Waals surface area contributed by atoms with E-state index in [9.17, 15) is 9.59 Å². The number of benzene rings is 1. The van der Waals surface area contributed by atoms with Crippen LogP contribution >= 0.6 is 11.8 Å². The van der Waals surface area contributed by atoms with Crippen LogP contribution in [0.5, 0.6) is 0 Å². The number of carboxylic acid groups (broad SMARTS) is 1. The lowest BCUT2D eigenvalue weighted by Crippen LogP contribution is -2.41. The number of nitrogens with one attached hydrogen (secondary N) is 2. The summed E-state index contributed by atoms with van der Waals surface area (Å²) in [6.07, 6.45) is 3.46. The molecule has 1 unspecified atom stereocenters. The van der Waals surface area contributed by atoms with E-state index in [-0.39, 0.29) is 5.57 Å². The molecule has 0 aliphatic heterocycles. The van der Waals surface area contributed by atoms with Crippen LogP contribution in [0.25, 0.3) is 0 Å². The summed E-state index contributed by atoms with van der Waals surface area (Å²) >= 11 is 1.49. The third-order valence-corrected chi connectivity index (χ3v) is 3.62. The highest BCUT2D eigenvalue weighted by Crippen LogP contribution is 2.03. The number of aliphatic carboxylic acids is 1. The number of carbonyl (C=O) groups is 2. The number of nitrogens with zero attached hydrogens (tertiary/aromatic N) is 1. The molecule has 1 amide bonds. The van der Waals surface area contributed by atoms with Crippen LogP contribution in [0.4, 0.5) is 0 Å². The second kappa shape index (κ2) is 10.3. The van der Waals surface area contributed by atoms with E-state index in [1.54, 1.807) is 6.07 Å². The van der Waals surface area contributed by atoms with Crippen LogP contribution in [0.2, 0.25) is 0 Å². The van der Waals surface area contributed by atoms with Gasteiger partial charge in [-0.15, -0.1) is 0 Å². The van der Waals surface area contributed by atoms with E-state index in [0.717, 1.165) is 5.56 Å². The van der Waals surface area contributed by atoms with Gasteiger partial charge in [0.2, 0.25) is 0 Å².